The first-order valence-electron chi connectivity index (χ1n) is 8.93. The summed E-state index contributed by atoms with van der Waals surface area (Å²) in [4.78, 5) is 6.83. The van der Waals surface area contributed by atoms with E-state index in [0.29, 0.717) is 0 Å². The second kappa shape index (κ2) is 6.47. The standard InChI is InChI=1S/C21H24ClN3/c1-14-10-17(22)11-18-19-13-24(3)8-7-20(19)25(21(14)18)9-6-16-5-4-15(2)23-12-16/h4-5,10-12H,6-9,13H2,1-3H3. The molecule has 130 valence electrons. The van der Waals surface area contributed by atoms with Crippen LogP contribution in [0, 0.1) is 13.8 Å². The minimum absolute atomic E-state index is 0.834. The van der Waals surface area contributed by atoms with Gasteiger partial charge < -0.3 is 9.47 Å². The first-order chi connectivity index (χ1) is 12.0. The van der Waals surface area contributed by atoms with Crippen molar-refractivity contribution in [1.29, 1.82) is 0 Å². The summed E-state index contributed by atoms with van der Waals surface area (Å²) < 4.78 is 2.53. The van der Waals surface area contributed by atoms with E-state index in [0.717, 1.165) is 43.2 Å². The van der Waals surface area contributed by atoms with E-state index >= 15 is 0 Å². The molecule has 1 aliphatic rings. The molecule has 2 aromatic heterocycles. The first-order valence-corrected chi connectivity index (χ1v) is 9.31. The SMILES string of the molecule is Cc1ccc(CCn2c3c(c4cc(Cl)cc(C)c42)CN(C)CC3)cn1. The lowest BCUT2D eigenvalue weighted by atomic mass is 10.0. The molecule has 4 rings (SSSR count). The highest BCUT2D eigenvalue weighted by Crippen LogP contribution is 2.34. The normalized spacial score (nSPS) is 14.9. The molecule has 0 amide bonds. The van der Waals surface area contributed by atoms with Crippen LogP contribution in [0.25, 0.3) is 10.9 Å². The van der Waals surface area contributed by atoms with Gasteiger partial charge in [-0.2, -0.15) is 0 Å². The fraction of sp³-hybridized carbons (Fsp3) is 0.381. The summed E-state index contributed by atoms with van der Waals surface area (Å²) in [6.45, 7) is 7.31. The summed E-state index contributed by atoms with van der Waals surface area (Å²) in [5.41, 5.74) is 7.92. The molecule has 0 saturated heterocycles. The van der Waals surface area contributed by atoms with Gasteiger partial charge in [0.15, 0.2) is 0 Å². The maximum absolute atomic E-state index is 6.37. The minimum atomic E-state index is 0.834. The van der Waals surface area contributed by atoms with Gasteiger partial charge in [-0.05, 0) is 62.2 Å². The van der Waals surface area contributed by atoms with Crippen molar-refractivity contribution >= 4 is 22.5 Å². The van der Waals surface area contributed by atoms with E-state index in [-0.39, 0.29) is 0 Å². The average molecular weight is 354 g/mol. The van der Waals surface area contributed by atoms with E-state index in [1.54, 1.807) is 0 Å². The molecular weight excluding hydrogens is 330 g/mol. The molecule has 0 spiro atoms. The quantitative estimate of drug-likeness (QED) is 0.689. The number of nitrogens with zero attached hydrogens (tertiary/aromatic N) is 3. The molecule has 0 atom stereocenters. The predicted octanol–water partition coefficient (Wildman–Crippen LogP) is 4.54. The van der Waals surface area contributed by atoms with Gasteiger partial charge in [0.2, 0.25) is 0 Å². The smallest absolute Gasteiger partial charge is 0.0516 e. The van der Waals surface area contributed by atoms with E-state index in [1.807, 2.05) is 13.1 Å². The Morgan fingerprint density at radius 1 is 1.20 bits per heavy atom. The number of hydrogen-bond acceptors (Lipinski definition) is 2. The van der Waals surface area contributed by atoms with Crippen molar-refractivity contribution in [2.45, 2.75) is 39.8 Å². The Kier molecular flexibility index (Phi) is 4.30. The van der Waals surface area contributed by atoms with Crippen LogP contribution < -0.4 is 0 Å². The molecule has 3 heterocycles. The molecule has 0 unspecified atom stereocenters. The molecule has 0 bridgehead atoms. The number of fused-ring (bicyclic) bond motifs is 3. The van der Waals surface area contributed by atoms with E-state index in [9.17, 15) is 0 Å². The fourth-order valence-electron chi connectivity index (χ4n) is 4.02. The molecule has 4 heteroatoms. The van der Waals surface area contributed by atoms with Gasteiger partial charge in [0.1, 0.15) is 0 Å². The van der Waals surface area contributed by atoms with Crippen molar-refractivity contribution in [3.63, 3.8) is 0 Å². The van der Waals surface area contributed by atoms with Crippen molar-refractivity contribution in [2.75, 3.05) is 13.6 Å². The van der Waals surface area contributed by atoms with Crippen LogP contribution in [0.1, 0.15) is 28.1 Å². The van der Waals surface area contributed by atoms with Gasteiger partial charge in [-0.25, -0.2) is 0 Å². The van der Waals surface area contributed by atoms with E-state index in [2.05, 4.69) is 52.7 Å². The van der Waals surface area contributed by atoms with Crippen molar-refractivity contribution in [3.05, 3.63) is 63.6 Å². The average Bonchev–Trinajstić information content (AvgIpc) is 2.88. The number of pyridine rings is 1. The molecule has 0 fully saturated rings. The van der Waals surface area contributed by atoms with Crippen LogP contribution in [0.2, 0.25) is 5.02 Å². The first kappa shape index (κ1) is 16.6. The monoisotopic (exact) mass is 353 g/mol. The van der Waals surface area contributed by atoms with Gasteiger partial charge in [-0.3, -0.25) is 4.98 Å². The highest BCUT2D eigenvalue weighted by molar-refractivity contribution is 6.31. The summed E-state index contributed by atoms with van der Waals surface area (Å²) in [6.07, 6.45) is 4.11. The second-order valence-electron chi connectivity index (χ2n) is 7.24. The van der Waals surface area contributed by atoms with Gasteiger partial charge in [-0.1, -0.05) is 17.7 Å². The molecule has 0 aliphatic carbocycles. The predicted molar refractivity (Wildman–Crippen MR) is 104 cm³/mol. The molecule has 1 aromatic carbocycles. The summed E-state index contributed by atoms with van der Waals surface area (Å²) in [7, 11) is 2.20. The molecule has 0 saturated carbocycles. The van der Waals surface area contributed by atoms with E-state index in [1.165, 1.54) is 33.3 Å². The van der Waals surface area contributed by atoms with E-state index < -0.39 is 0 Å². The fourth-order valence-corrected chi connectivity index (χ4v) is 4.29. The second-order valence-corrected chi connectivity index (χ2v) is 7.68. The third-order valence-corrected chi connectivity index (χ3v) is 5.51. The molecule has 0 N–H and O–H groups in total. The van der Waals surface area contributed by atoms with Crippen LogP contribution in [-0.2, 0) is 25.9 Å². The Morgan fingerprint density at radius 2 is 2.04 bits per heavy atom. The maximum Gasteiger partial charge on any atom is 0.0516 e. The Balaban J connectivity index is 1.78. The Morgan fingerprint density at radius 3 is 2.80 bits per heavy atom. The van der Waals surface area contributed by atoms with Gasteiger partial charge in [0.25, 0.3) is 0 Å². The molecule has 25 heavy (non-hydrogen) atoms. The number of rotatable bonds is 3. The number of benzene rings is 1. The molecule has 1 aliphatic heterocycles. The summed E-state index contributed by atoms with van der Waals surface area (Å²) in [5.74, 6) is 0. The highest BCUT2D eigenvalue weighted by Gasteiger charge is 2.23. The topological polar surface area (TPSA) is 21.1 Å². The van der Waals surface area contributed by atoms with Crippen LogP contribution in [0.3, 0.4) is 0 Å². The lowest BCUT2D eigenvalue weighted by Crippen LogP contribution is -2.27. The number of aromatic nitrogens is 2. The lowest BCUT2D eigenvalue weighted by Gasteiger charge is -2.24. The molecule has 3 nitrogen and oxygen atoms in total. The third-order valence-electron chi connectivity index (χ3n) is 5.29. The van der Waals surface area contributed by atoms with Crippen molar-refractivity contribution < 1.29 is 0 Å². The van der Waals surface area contributed by atoms with E-state index in [4.69, 9.17) is 11.6 Å². The molecule has 3 aromatic rings. The number of halogens is 1. The van der Waals surface area contributed by atoms with Crippen LogP contribution >= 0.6 is 11.6 Å². The summed E-state index contributed by atoms with van der Waals surface area (Å²) in [6, 6.07) is 8.52. The Hall–Kier alpha value is -1.84. The van der Waals surface area contributed by atoms with Crippen molar-refractivity contribution in [2.24, 2.45) is 0 Å². The van der Waals surface area contributed by atoms with Crippen LogP contribution in [0.5, 0.6) is 0 Å². The zero-order chi connectivity index (χ0) is 17.6. The minimum Gasteiger partial charge on any atom is -0.344 e. The maximum atomic E-state index is 6.37. The van der Waals surface area contributed by atoms with Crippen molar-refractivity contribution in [3.8, 4) is 0 Å². The van der Waals surface area contributed by atoms with Crippen LogP contribution in [0.15, 0.2) is 30.5 Å². The van der Waals surface area contributed by atoms with Crippen LogP contribution in [-0.4, -0.2) is 28.0 Å². The van der Waals surface area contributed by atoms with Gasteiger partial charge in [0.05, 0.1) is 5.52 Å². The Bertz CT molecular complexity index is 925. The largest absolute Gasteiger partial charge is 0.344 e. The lowest BCUT2D eigenvalue weighted by molar-refractivity contribution is 0.309. The molecule has 0 radical (unpaired) electrons. The van der Waals surface area contributed by atoms with Gasteiger partial charge in [0, 0.05) is 54.0 Å². The van der Waals surface area contributed by atoms with Gasteiger partial charge >= 0.3 is 0 Å². The number of aryl methyl sites for hydroxylation is 4. The zero-order valence-electron chi connectivity index (χ0n) is 15.1. The third kappa shape index (κ3) is 3.07. The zero-order valence-corrected chi connectivity index (χ0v) is 15.9. The van der Waals surface area contributed by atoms with Crippen molar-refractivity contribution in [1.82, 2.24) is 14.5 Å². The summed E-state index contributed by atoms with van der Waals surface area (Å²) >= 11 is 6.37. The number of likely N-dealkylation sites (N-methyl/N-ethyl adjacent to an activating group) is 1. The summed E-state index contributed by atoms with van der Waals surface area (Å²) in [5, 5.41) is 2.16. The van der Waals surface area contributed by atoms with Crippen LogP contribution in [0.4, 0.5) is 0 Å². The highest BCUT2D eigenvalue weighted by atomic mass is 35.5. The van der Waals surface area contributed by atoms with Gasteiger partial charge in [-0.15, -0.1) is 0 Å². The molecular formula is C21H24ClN3. The Labute approximate surface area is 154 Å². The number of hydrogen-bond donors (Lipinski definition) is 0.